The summed E-state index contributed by atoms with van der Waals surface area (Å²) < 4.78 is 38.0. The maximum atomic E-state index is 14.0. The molecule has 0 aromatic heterocycles. The maximum absolute atomic E-state index is 14.0. The molecule has 8 heteroatoms. The van der Waals surface area contributed by atoms with Crippen LogP contribution in [-0.2, 0) is 4.74 Å². The Balaban J connectivity index is 2.12. The minimum absolute atomic E-state index is 0.0212. The Kier molecular flexibility index (Phi) is 6.56. The van der Waals surface area contributed by atoms with Crippen molar-refractivity contribution in [2.75, 3.05) is 13.2 Å². The molecule has 0 fully saturated rings. The Labute approximate surface area is 161 Å². The van der Waals surface area contributed by atoms with Crippen molar-refractivity contribution in [2.24, 2.45) is 0 Å². The molecule has 1 amide bonds. The number of hydrogen-bond donors (Lipinski definition) is 2. The minimum Gasteiger partial charge on any atom is -0.492 e. The van der Waals surface area contributed by atoms with E-state index in [0.717, 1.165) is 18.2 Å². The fourth-order valence-corrected chi connectivity index (χ4v) is 2.32. The number of amides is 1. The van der Waals surface area contributed by atoms with Gasteiger partial charge in [-0.1, -0.05) is 0 Å². The zero-order valence-corrected chi connectivity index (χ0v) is 15.7. The monoisotopic (exact) mass is 393 g/mol. The van der Waals surface area contributed by atoms with Gasteiger partial charge in [0.15, 0.2) is 0 Å². The number of nitrogens with one attached hydrogen (secondary N) is 1. The van der Waals surface area contributed by atoms with Gasteiger partial charge in [-0.05, 0) is 62.7 Å². The van der Waals surface area contributed by atoms with Gasteiger partial charge in [0, 0.05) is 5.56 Å². The normalized spacial score (nSPS) is 11.0. The highest BCUT2D eigenvalue weighted by molar-refractivity contribution is 5.90. The molecule has 0 saturated carbocycles. The van der Waals surface area contributed by atoms with E-state index < -0.39 is 29.3 Å². The average molecular weight is 393 g/mol. The van der Waals surface area contributed by atoms with E-state index >= 15 is 0 Å². The number of hydrogen-bond acceptors (Lipinski definition) is 4. The van der Waals surface area contributed by atoms with Crippen LogP contribution in [0.1, 0.15) is 31.1 Å². The molecule has 2 rings (SSSR count). The van der Waals surface area contributed by atoms with Gasteiger partial charge in [0.25, 0.3) is 0 Å². The van der Waals surface area contributed by atoms with Crippen LogP contribution in [0.15, 0.2) is 36.4 Å². The summed E-state index contributed by atoms with van der Waals surface area (Å²) in [4.78, 5) is 22.9. The summed E-state index contributed by atoms with van der Waals surface area (Å²) in [5.74, 6) is -2.44. The fraction of sp³-hybridized carbons (Fsp3) is 0.300. The smallest absolute Gasteiger partial charge is 0.407 e. The summed E-state index contributed by atoms with van der Waals surface area (Å²) in [5.41, 5.74) is -0.701. The molecule has 0 aliphatic carbocycles. The highest BCUT2D eigenvalue weighted by atomic mass is 19.1. The number of carbonyl (C=O) groups is 2. The molecule has 0 saturated heterocycles. The second kappa shape index (κ2) is 8.69. The number of alkyl carbamates (subject to hydrolysis) is 1. The SMILES string of the molecule is CC(C)(C)OC(=O)NCCOc1cc(C(=O)O)cc(-c2cc(F)ccc2F)c1. The Morgan fingerprint density at radius 2 is 1.82 bits per heavy atom. The molecular formula is C20H21F2NO5. The highest BCUT2D eigenvalue weighted by Crippen LogP contribution is 2.29. The predicted molar refractivity (Wildman–Crippen MR) is 98.5 cm³/mol. The molecule has 0 spiro atoms. The first-order valence-electron chi connectivity index (χ1n) is 8.48. The van der Waals surface area contributed by atoms with Gasteiger partial charge in [0.05, 0.1) is 12.1 Å². The van der Waals surface area contributed by atoms with Gasteiger partial charge in [-0.2, -0.15) is 0 Å². The van der Waals surface area contributed by atoms with Crippen molar-refractivity contribution in [2.45, 2.75) is 26.4 Å². The molecule has 0 aliphatic heterocycles. The van der Waals surface area contributed by atoms with Crippen LogP contribution in [0.5, 0.6) is 5.75 Å². The molecule has 28 heavy (non-hydrogen) atoms. The molecule has 2 aromatic rings. The van der Waals surface area contributed by atoms with Crippen molar-refractivity contribution in [1.29, 1.82) is 0 Å². The first kappa shape index (κ1) is 21.1. The summed E-state index contributed by atoms with van der Waals surface area (Å²) in [5, 5.41) is 11.8. The topological polar surface area (TPSA) is 84.9 Å². The summed E-state index contributed by atoms with van der Waals surface area (Å²) in [6, 6.07) is 6.80. The third-order valence-corrected chi connectivity index (χ3v) is 3.43. The van der Waals surface area contributed by atoms with E-state index in [1.165, 1.54) is 18.2 Å². The number of carboxylic acid groups (broad SMARTS) is 1. The van der Waals surface area contributed by atoms with Gasteiger partial charge >= 0.3 is 12.1 Å². The molecule has 2 aromatic carbocycles. The van der Waals surface area contributed by atoms with Crippen molar-refractivity contribution >= 4 is 12.1 Å². The lowest BCUT2D eigenvalue weighted by Crippen LogP contribution is -2.34. The summed E-state index contributed by atoms with van der Waals surface area (Å²) >= 11 is 0. The van der Waals surface area contributed by atoms with E-state index in [1.807, 2.05) is 0 Å². The molecule has 150 valence electrons. The number of carboxylic acids is 1. The molecule has 0 heterocycles. The van der Waals surface area contributed by atoms with Crippen LogP contribution in [0, 0.1) is 11.6 Å². The van der Waals surface area contributed by atoms with E-state index in [1.54, 1.807) is 20.8 Å². The van der Waals surface area contributed by atoms with Crippen molar-refractivity contribution in [1.82, 2.24) is 5.32 Å². The second-order valence-corrected chi connectivity index (χ2v) is 6.95. The zero-order chi connectivity index (χ0) is 20.9. The van der Waals surface area contributed by atoms with Crippen LogP contribution >= 0.6 is 0 Å². The van der Waals surface area contributed by atoms with E-state index in [4.69, 9.17) is 9.47 Å². The van der Waals surface area contributed by atoms with Crippen LogP contribution in [0.3, 0.4) is 0 Å². The second-order valence-electron chi connectivity index (χ2n) is 6.95. The van der Waals surface area contributed by atoms with Gasteiger partial charge in [-0.3, -0.25) is 0 Å². The lowest BCUT2D eigenvalue weighted by Gasteiger charge is -2.19. The summed E-state index contributed by atoms with van der Waals surface area (Å²) in [6.07, 6.45) is -0.613. The van der Waals surface area contributed by atoms with Crippen molar-refractivity contribution < 1.29 is 33.0 Å². The quantitative estimate of drug-likeness (QED) is 0.718. The van der Waals surface area contributed by atoms with E-state index in [9.17, 15) is 23.5 Å². The third-order valence-electron chi connectivity index (χ3n) is 3.43. The molecule has 0 radical (unpaired) electrons. The number of rotatable bonds is 6. The van der Waals surface area contributed by atoms with Gasteiger partial charge in [-0.25, -0.2) is 18.4 Å². The van der Waals surface area contributed by atoms with Gasteiger partial charge in [-0.15, -0.1) is 0 Å². The van der Waals surface area contributed by atoms with Crippen molar-refractivity contribution in [3.63, 3.8) is 0 Å². The largest absolute Gasteiger partial charge is 0.492 e. The van der Waals surface area contributed by atoms with Gasteiger partial charge in [0.1, 0.15) is 29.6 Å². The molecule has 0 aliphatic rings. The van der Waals surface area contributed by atoms with E-state index in [-0.39, 0.29) is 35.6 Å². The highest BCUT2D eigenvalue weighted by Gasteiger charge is 2.16. The molecule has 0 atom stereocenters. The Bertz CT molecular complexity index is 877. The number of halogens is 2. The lowest BCUT2D eigenvalue weighted by atomic mass is 10.0. The van der Waals surface area contributed by atoms with Crippen LogP contribution in [0.4, 0.5) is 13.6 Å². The number of aromatic carboxylic acids is 1. The summed E-state index contributed by atoms with van der Waals surface area (Å²) in [7, 11) is 0. The first-order valence-corrected chi connectivity index (χ1v) is 8.48. The van der Waals surface area contributed by atoms with Crippen LogP contribution in [0.2, 0.25) is 0 Å². The van der Waals surface area contributed by atoms with Crippen LogP contribution in [0.25, 0.3) is 11.1 Å². The van der Waals surface area contributed by atoms with Crippen molar-refractivity contribution in [3.8, 4) is 16.9 Å². The fourth-order valence-electron chi connectivity index (χ4n) is 2.32. The molecule has 6 nitrogen and oxygen atoms in total. The number of benzene rings is 2. The lowest BCUT2D eigenvalue weighted by molar-refractivity contribution is 0.0520. The molecule has 0 unspecified atom stereocenters. The predicted octanol–water partition coefficient (Wildman–Crippen LogP) is 4.23. The van der Waals surface area contributed by atoms with Crippen LogP contribution < -0.4 is 10.1 Å². The minimum atomic E-state index is -1.24. The number of ether oxygens (including phenoxy) is 2. The maximum Gasteiger partial charge on any atom is 0.407 e. The van der Waals surface area contributed by atoms with Gasteiger partial charge < -0.3 is 19.9 Å². The van der Waals surface area contributed by atoms with Crippen molar-refractivity contribution in [3.05, 3.63) is 53.6 Å². The van der Waals surface area contributed by atoms with Crippen LogP contribution in [-0.4, -0.2) is 35.9 Å². The molecule has 0 bridgehead atoms. The summed E-state index contributed by atoms with van der Waals surface area (Å²) in [6.45, 7) is 5.32. The zero-order valence-electron chi connectivity index (χ0n) is 15.7. The third kappa shape index (κ3) is 6.22. The van der Waals surface area contributed by atoms with E-state index in [2.05, 4.69) is 5.32 Å². The standard InChI is InChI=1S/C20H21F2NO5/c1-20(2,3)28-19(26)23-6-7-27-15-9-12(8-13(10-15)18(24)25)16-11-14(21)4-5-17(16)22/h4-5,8-11H,6-7H2,1-3H3,(H,23,26)(H,24,25). The van der Waals surface area contributed by atoms with E-state index in [0.29, 0.717) is 0 Å². The van der Waals surface area contributed by atoms with Gasteiger partial charge in [0.2, 0.25) is 0 Å². The Hall–Kier alpha value is -3.16. The number of carbonyl (C=O) groups excluding carboxylic acids is 1. The Morgan fingerprint density at radius 1 is 1.11 bits per heavy atom. The average Bonchev–Trinajstić information content (AvgIpc) is 2.59. The first-order chi connectivity index (χ1) is 13.0. The molecule has 2 N–H and O–H groups in total. The molecular weight excluding hydrogens is 372 g/mol. The Morgan fingerprint density at radius 3 is 2.46 bits per heavy atom.